The molecule has 5 nitrogen and oxygen atoms in total. The van der Waals surface area contributed by atoms with Crippen LogP contribution >= 0.6 is 11.8 Å². The predicted molar refractivity (Wildman–Crippen MR) is 77.4 cm³/mol. The summed E-state index contributed by atoms with van der Waals surface area (Å²) in [6.07, 6.45) is 0. The minimum absolute atomic E-state index is 0.0993. The summed E-state index contributed by atoms with van der Waals surface area (Å²) in [6.45, 7) is 5.19. The Morgan fingerprint density at radius 1 is 1.40 bits per heavy atom. The number of carbonyl (C=O) groups excluding carboxylic acids is 1. The van der Waals surface area contributed by atoms with Crippen LogP contribution in [0.1, 0.15) is 32.0 Å². The molecule has 0 radical (unpaired) electrons. The van der Waals surface area contributed by atoms with Crippen molar-refractivity contribution in [2.45, 2.75) is 31.1 Å². The number of carbonyl (C=O) groups is 1. The van der Waals surface area contributed by atoms with E-state index in [2.05, 4.69) is 4.98 Å². The van der Waals surface area contributed by atoms with Crippen molar-refractivity contribution >= 4 is 28.6 Å². The van der Waals surface area contributed by atoms with Crippen LogP contribution in [-0.4, -0.2) is 15.5 Å². The van der Waals surface area contributed by atoms with E-state index in [-0.39, 0.29) is 11.5 Å². The molecule has 6 heteroatoms. The molecule has 1 aromatic heterocycles. The van der Waals surface area contributed by atoms with Gasteiger partial charge in [-0.05, 0) is 26.0 Å². The lowest BCUT2D eigenvalue weighted by molar-refractivity contribution is -0.142. The third-order valence-electron chi connectivity index (χ3n) is 3.22. The number of aromatic nitrogens is 2. The monoisotopic (exact) mass is 290 g/mol. The van der Waals surface area contributed by atoms with Gasteiger partial charge in [0.1, 0.15) is 0 Å². The number of para-hydroxylation sites is 1. The van der Waals surface area contributed by atoms with E-state index in [4.69, 9.17) is 4.74 Å². The molecule has 1 atom stereocenters. The van der Waals surface area contributed by atoms with E-state index in [0.29, 0.717) is 16.7 Å². The lowest BCUT2D eigenvalue weighted by Crippen LogP contribution is -2.32. The normalized spacial score (nSPS) is 19.9. The van der Waals surface area contributed by atoms with Gasteiger partial charge in [0.25, 0.3) is 5.56 Å². The Morgan fingerprint density at radius 3 is 2.80 bits per heavy atom. The summed E-state index contributed by atoms with van der Waals surface area (Å²) in [5, 5.41) is 0.577. The average molecular weight is 290 g/mol. The van der Waals surface area contributed by atoms with Crippen molar-refractivity contribution < 1.29 is 9.53 Å². The summed E-state index contributed by atoms with van der Waals surface area (Å²) in [5.74, 6) is 0.119. The van der Waals surface area contributed by atoms with Gasteiger partial charge in [-0.1, -0.05) is 23.9 Å². The molecule has 104 valence electrons. The van der Waals surface area contributed by atoms with Gasteiger partial charge in [0.05, 0.1) is 15.8 Å². The highest BCUT2D eigenvalue weighted by molar-refractivity contribution is 8.00. The quantitative estimate of drug-likeness (QED) is 0.755. The average Bonchev–Trinajstić information content (AvgIpc) is 2.60. The number of ether oxygens (including phenoxy) is 1. The van der Waals surface area contributed by atoms with Crippen LogP contribution in [0.25, 0.3) is 10.9 Å². The van der Waals surface area contributed by atoms with Crippen molar-refractivity contribution in [3.8, 4) is 0 Å². The molecular weight excluding hydrogens is 276 g/mol. The van der Waals surface area contributed by atoms with E-state index in [1.165, 1.54) is 18.7 Å². The molecule has 3 rings (SSSR count). The first-order chi connectivity index (χ1) is 9.40. The highest BCUT2D eigenvalue weighted by Crippen LogP contribution is 2.48. The van der Waals surface area contributed by atoms with E-state index in [1.54, 1.807) is 16.7 Å². The zero-order valence-corrected chi connectivity index (χ0v) is 12.2. The standard InChI is InChI=1S/C14H14N2O3S/c1-8(17)19-13-11-15-10-7-5-4-6-9(10)12(18)16(11)14(2,3)20-13/h4-7,13H,1-3H3/t13-/m0/s1. The largest absolute Gasteiger partial charge is 0.443 e. The first kappa shape index (κ1) is 13.2. The third kappa shape index (κ3) is 1.91. The molecule has 20 heavy (non-hydrogen) atoms. The van der Waals surface area contributed by atoms with Gasteiger partial charge in [-0.15, -0.1) is 0 Å². The Kier molecular flexibility index (Phi) is 2.86. The van der Waals surface area contributed by atoms with Crippen LogP contribution in [0.4, 0.5) is 0 Å². The maximum atomic E-state index is 12.6. The molecule has 2 aromatic rings. The fourth-order valence-electron chi connectivity index (χ4n) is 2.42. The second-order valence-corrected chi connectivity index (χ2v) is 6.80. The van der Waals surface area contributed by atoms with Crippen molar-refractivity contribution in [1.29, 1.82) is 0 Å². The number of rotatable bonds is 1. The van der Waals surface area contributed by atoms with Crippen LogP contribution in [0.5, 0.6) is 0 Å². The first-order valence-electron chi connectivity index (χ1n) is 6.27. The van der Waals surface area contributed by atoms with Crippen molar-refractivity contribution in [2.24, 2.45) is 0 Å². The van der Waals surface area contributed by atoms with Gasteiger partial charge in [0, 0.05) is 6.92 Å². The summed E-state index contributed by atoms with van der Waals surface area (Å²) in [7, 11) is 0. The molecule has 0 fully saturated rings. The van der Waals surface area contributed by atoms with Gasteiger partial charge in [0.2, 0.25) is 5.44 Å². The Balaban J connectivity index is 2.30. The van der Waals surface area contributed by atoms with E-state index in [0.717, 1.165) is 0 Å². The van der Waals surface area contributed by atoms with E-state index in [9.17, 15) is 9.59 Å². The van der Waals surface area contributed by atoms with E-state index in [1.807, 2.05) is 26.0 Å². The molecule has 1 aromatic carbocycles. The van der Waals surface area contributed by atoms with Crippen molar-refractivity contribution in [1.82, 2.24) is 9.55 Å². The smallest absolute Gasteiger partial charge is 0.304 e. The van der Waals surface area contributed by atoms with Gasteiger partial charge in [0.15, 0.2) is 5.82 Å². The number of fused-ring (bicyclic) bond motifs is 2. The summed E-state index contributed by atoms with van der Waals surface area (Å²) in [5.41, 5.74) is -0.0169. The highest BCUT2D eigenvalue weighted by Gasteiger charge is 2.41. The van der Waals surface area contributed by atoms with Crippen LogP contribution in [0.3, 0.4) is 0 Å². The molecule has 1 aliphatic rings. The molecular formula is C14H14N2O3S. The Hall–Kier alpha value is -1.82. The molecule has 2 heterocycles. The van der Waals surface area contributed by atoms with Gasteiger partial charge in [-0.3, -0.25) is 14.2 Å². The van der Waals surface area contributed by atoms with Crippen molar-refractivity contribution in [3.05, 3.63) is 40.4 Å². The second kappa shape index (κ2) is 4.34. The fraction of sp³-hybridized carbons (Fsp3) is 0.357. The molecule has 0 aliphatic carbocycles. The van der Waals surface area contributed by atoms with Gasteiger partial charge >= 0.3 is 5.97 Å². The molecule has 0 saturated carbocycles. The number of esters is 1. The van der Waals surface area contributed by atoms with Crippen molar-refractivity contribution in [2.75, 3.05) is 0 Å². The lowest BCUT2D eigenvalue weighted by atomic mass is 10.2. The summed E-state index contributed by atoms with van der Waals surface area (Å²) < 4.78 is 6.90. The molecule has 0 unspecified atom stereocenters. The number of nitrogens with zero attached hydrogens (tertiary/aromatic N) is 2. The molecule has 0 spiro atoms. The van der Waals surface area contributed by atoms with Crippen LogP contribution < -0.4 is 5.56 Å². The maximum absolute atomic E-state index is 12.6. The van der Waals surface area contributed by atoms with Crippen LogP contribution in [0, 0.1) is 0 Å². The summed E-state index contributed by atoms with van der Waals surface area (Å²) >= 11 is 1.41. The number of hydrogen-bond donors (Lipinski definition) is 0. The maximum Gasteiger partial charge on any atom is 0.304 e. The minimum Gasteiger partial charge on any atom is -0.443 e. The zero-order valence-electron chi connectivity index (χ0n) is 11.4. The first-order valence-corrected chi connectivity index (χ1v) is 7.15. The van der Waals surface area contributed by atoms with Gasteiger partial charge < -0.3 is 4.74 Å². The SMILES string of the molecule is CC(=O)O[C@H]1SC(C)(C)n2c1nc1ccccc1c2=O. The highest BCUT2D eigenvalue weighted by atomic mass is 32.2. The van der Waals surface area contributed by atoms with Gasteiger partial charge in [-0.2, -0.15) is 0 Å². The second-order valence-electron chi connectivity index (χ2n) is 5.13. The fourth-order valence-corrected chi connectivity index (χ4v) is 3.68. The van der Waals surface area contributed by atoms with Crippen LogP contribution in [0.15, 0.2) is 29.1 Å². The molecule has 0 N–H and O–H groups in total. The van der Waals surface area contributed by atoms with Crippen molar-refractivity contribution in [3.63, 3.8) is 0 Å². The van der Waals surface area contributed by atoms with E-state index >= 15 is 0 Å². The Morgan fingerprint density at radius 2 is 2.10 bits per heavy atom. The predicted octanol–water partition coefficient (Wildman–Crippen LogP) is 2.40. The minimum atomic E-state index is -0.542. The molecule has 0 saturated heterocycles. The zero-order chi connectivity index (χ0) is 14.5. The van der Waals surface area contributed by atoms with Gasteiger partial charge in [-0.25, -0.2) is 4.98 Å². The molecule has 0 amide bonds. The summed E-state index contributed by atoms with van der Waals surface area (Å²) in [6, 6.07) is 7.20. The number of benzene rings is 1. The van der Waals surface area contributed by atoms with Crippen LogP contribution in [0.2, 0.25) is 0 Å². The Bertz CT molecular complexity index is 767. The molecule has 0 bridgehead atoms. The molecule has 1 aliphatic heterocycles. The third-order valence-corrected chi connectivity index (χ3v) is 4.50. The Labute approximate surface area is 120 Å². The lowest BCUT2D eigenvalue weighted by Gasteiger charge is -2.19. The summed E-state index contributed by atoms with van der Waals surface area (Å²) in [4.78, 5) is 27.9. The number of thioether (sulfide) groups is 1. The topological polar surface area (TPSA) is 61.2 Å². The van der Waals surface area contributed by atoms with E-state index < -0.39 is 10.3 Å². The number of hydrogen-bond acceptors (Lipinski definition) is 5. The van der Waals surface area contributed by atoms with Crippen LogP contribution in [-0.2, 0) is 14.4 Å².